The first-order valence-corrected chi connectivity index (χ1v) is 5.54. The van der Waals surface area contributed by atoms with Crippen molar-refractivity contribution in [2.75, 3.05) is 5.43 Å². The molecule has 2 aromatic carbocycles. The van der Waals surface area contributed by atoms with Crippen LogP contribution in [0.2, 0.25) is 5.02 Å². The van der Waals surface area contributed by atoms with Crippen LogP contribution in [0.5, 0.6) is 0 Å². The summed E-state index contributed by atoms with van der Waals surface area (Å²) in [5, 5.41) is 3.32. The number of benzene rings is 2. The summed E-state index contributed by atoms with van der Waals surface area (Å²) < 4.78 is 26.4. The summed E-state index contributed by atoms with van der Waals surface area (Å²) in [5.41, 5.74) is 3.60. The molecule has 5 heteroatoms. The van der Waals surface area contributed by atoms with E-state index < -0.39 is 16.7 Å². The highest BCUT2D eigenvalue weighted by atomic mass is 35.5. The minimum Gasteiger partial charge on any atom is -0.279 e. The summed E-state index contributed by atoms with van der Waals surface area (Å²) in [6.07, 6.45) is 1.24. The molecule has 0 aromatic heterocycles. The lowest BCUT2D eigenvalue weighted by molar-refractivity contribution is 0.583. The first-order chi connectivity index (χ1) is 8.68. The predicted molar refractivity (Wildman–Crippen MR) is 69.0 cm³/mol. The van der Waals surface area contributed by atoms with Crippen LogP contribution in [0.15, 0.2) is 47.6 Å². The van der Waals surface area contributed by atoms with Gasteiger partial charge in [-0.15, -0.1) is 0 Å². The first-order valence-electron chi connectivity index (χ1n) is 5.16. The number of hydrogen-bond donors (Lipinski definition) is 1. The van der Waals surface area contributed by atoms with Crippen LogP contribution in [0.4, 0.5) is 14.5 Å². The van der Waals surface area contributed by atoms with Gasteiger partial charge in [-0.2, -0.15) is 5.10 Å². The molecule has 0 saturated carbocycles. The summed E-state index contributed by atoms with van der Waals surface area (Å²) in [5.74, 6) is -1.61. The van der Waals surface area contributed by atoms with Crippen LogP contribution < -0.4 is 5.43 Å². The van der Waals surface area contributed by atoms with Gasteiger partial charge in [-0.05, 0) is 24.3 Å². The summed E-state index contributed by atoms with van der Waals surface area (Å²) in [6.45, 7) is 0. The Hall–Kier alpha value is -1.94. The van der Waals surface area contributed by atoms with Crippen molar-refractivity contribution >= 4 is 23.5 Å². The van der Waals surface area contributed by atoms with Crippen molar-refractivity contribution in [3.63, 3.8) is 0 Å². The van der Waals surface area contributed by atoms with E-state index in [0.29, 0.717) is 0 Å². The van der Waals surface area contributed by atoms with Crippen molar-refractivity contribution in [1.29, 1.82) is 0 Å². The zero-order valence-electron chi connectivity index (χ0n) is 9.20. The SMILES string of the molecule is Fc1ccc(C=NNc2ccccc2)c(F)c1Cl. The second kappa shape index (κ2) is 5.60. The average Bonchev–Trinajstić information content (AvgIpc) is 2.40. The van der Waals surface area contributed by atoms with E-state index in [1.54, 1.807) is 0 Å². The second-order valence-corrected chi connectivity index (χ2v) is 3.88. The van der Waals surface area contributed by atoms with E-state index in [9.17, 15) is 8.78 Å². The summed E-state index contributed by atoms with van der Waals surface area (Å²) in [4.78, 5) is 0. The maximum atomic E-state index is 13.5. The standard InChI is InChI=1S/C13H9ClF2N2/c14-12-11(15)7-6-9(13(12)16)8-17-18-10-4-2-1-3-5-10/h1-8,18H. The van der Waals surface area contributed by atoms with Crippen molar-refractivity contribution in [3.8, 4) is 0 Å². The van der Waals surface area contributed by atoms with E-state index in [4.69, 9.17) is 11.6 Å². The van der Waals surface area contributed by atoms with E-state index >= 15 is 0 Å². The number of nitrogens with one attached hydrogen (secondary N) is 1. The predicted octanol–water partition coefficient (Wildman–Crippen LogP) is 4.06. The number of hydrazone groups is 1. The van der Waals surface area contributed by atoms with Crippen molar-refractivity contribution in [3.05, 3.63) is 64.7 Å². The lowest BCUT2D eigenvalue weighted by atomic mass is 10.2. The third-order valence-electron chi connectivity index (χ3n) is 2.24. The minimum atomic E-state index is -0.824. The van der Waals surface area contributed by atoms with Gasteiger partial charge in [0.2, 0.25) is 0 Å². The smallest absolute Gasteiger partial charge is 0.153 e. The van der Waals surface area contributed by atoms with Crippen LogP contribution >= 0.6 is 11.6 Å². The monoisotopic (exact) mass is 266 g/mol. The second-order valence-electron chi connectivity index (χ2n) is 3.50. The third kappa shape index (κ3) is 2.84. The Bertz CT molecular complexity index is 571. The Balaban J connectivity index is 2.13. The van der Waals surface area contributed by atoms with Crippen molar-refractivity contribution in [2.45, 2.75) is 0 Å². The van der Waals surface area contributed by atoms with Crippen molar-refractivity contribution in [2.24, 2.45) is 5.10 Å². The van der Waals surface area contributed by atoms with E-state index in [-0.39, 0.29) is 5.56 Å². The molecule has 0 aliphatic heterocycles. The third-order valence-corrected chi connectivity index (χ3v) is 2.58. The van der Waals surface area contributed by atoms with Gasteiger partial charge in [-0.25, -0.2) is 8.78 Å². The molecule has 92 valence electrons. The lowest BCUT2D eigenvalue weighted by Gasteiger charge is -2.01. The number of halogens is 3. The van der Waals surface area contributed by atoms with Gasteiger partial charge in [0.05, 0.1) is 11.9 Å². The maximum absolute atomic E-state index is 13.5. The van der Waals surface area contributed by atoms with Crippen LogP contribution in [0.3, 0.4) is 0 Å². The van der Waals surface area contributed by atoms with E-state index in [1.807, 2.05) is 30.3 Å². The molecular formula is C13H9ClF2N2. The molecule has 0 radical (unpaired) electrons. The van der Waals surface area contributed by atoms with Crippen LogP contribution in [0, 0.1) is 11.6 Å². The van der Waals surface area contributed by atoms with Crippen LogP contribution in [-0.2, 0) is 0 Å². The summed E-state index contributed by atoms with van der Waals surface area (Å²) in [7, 11) is 0. The molecule has 1 N–H and O–H groups in total. The number of para-hydroxylation sites is 1. The Kier molecular flexibility index (Phi) is 3.89. The fourth-order valence-corrected chi connectivity index (χ4v) is 1.50. The van der Waals surface area contributed by atoms with Gasteiger partial charge in [-0.3, -0.25) is 5.43 Å². The van der Waals surface area contributed by atoms with Gasteiger partial charge in [0, 0.05) is 5.56 Å². The topological polar surface area (TPSA) is 24.4 Å². The summed E-state index contributed by atoms with van der Waals surface area (Å²) >= 11 is 5.45. The number of hydrogen-bond acceptors (Lipinski definition) is 2. The van der Waals surface area contributed by atoms with Gasteiger partial charge >= 0.3 is 0 Å². The molecular weight excluding hydrogens is 258 g/mol. The fourth-order valence-electron chi connectivity index (χ4n) is 1.33. The maximum Gasteiger partial charge on any atom is 0.153 e. The van der Waals surface area contributed by atoms with Gasteiger partial charge in [-0.1, -0.05) is 29.8 Å². The van der Waals surface area contributed by atoms with Gasteiger partial charge in [0.1, 0.15) is 10.8 Å². The molecule has 0 unspecified atom stereocenters. The van der Waals surface area contributed by atoms with Crippen LogP contribution in [0.25, 0.3) is 0 Å². The molecule has 0 fully saturated rings. The Morgan fingerprint density at radius 2 is 1.78 bits per heavy atom. The van der Waals surface area contributed by atoms with Crippen molar-refractivity contribution < 1.29 is 8.78 Å². The normalized spacial score (nSPS) is 10.8. The van der Waals surface area contributed by atoms with Gasteiger partial charge < -0.3 is 0 Å². The molecule has 0 heterocycles. The molecule has 0 saturated heterocycles. The molecule has 2 aromatic rings. The Morgan fingerprint density at radius 3 is 2.50 bits per heavy atom. The molecule has 0 aliphatic carbocycles. The zero-order chi connectivity index (χ0) is 13.0. The van der Waals surface area contributed by atoms with Crippen molar-refractivity contribution in [1.82, 2.24) is 0 Å². The molecule has 0 aliphatic rings. The molecule has 0 atom stereocenters. The minimum absolute atomic E-state index is 0.116. The fraction of sp³-hybridized carbons (Fsp3) is 0. The van der Waals surface area contributed by atoms with E-state index in [0.717, 1.165) is 11.8 Å². The highest BCUT2D eigenvalue weighted by molar-refractivity contribution is 6.31. The molecule has 0 spiro atoms. The van der Waals surface area contributed by atoms with E-state index in [1.165, 1.54) is 12.3 Å². The first kappa shape index (κ1) is 12.5. The quantitative estimate of drug-likeness (QED) is 0.506. The largest absolute Gasteiger partial charge is 0.279 e. The number of nitrogens with zero attached hydrogens (tertiary/aromatic N) is 1. The molecule has 2 nitrogen and oxygen atoms in total. The van der Waals surface area contributed by atoms with Gasteiger partial charge in [0.15, 0.2) is 5.82 Å². The number of rotatable bonds is 3. The Morgan fingerprint density at radius 1 is 1.06 bits per heavy atom. The van der Waals surface area contributed by atoms with E-state index in [2.05, 4.69) is 10.5 Å². The highest BCUT2D eigenvalue weighted by Crippen LogP contribution is 2.20. The van der Waals surface area contributed by atoms with Crippen LogP contribution in [-0.4, -0.2) is 6.21 Å². The zero-order valence-corrected chi connectivity index (χ0v) is 9.96. The Labute approximate surface area is 108 Å². The van der Waals surface area contributed by atoms with Crippen LogP contribution in [0.1, 0.15) is 5.56 Å². The molecule has 18 heavy (non-hydrogen) atoms. The molecule has 0 amide bonds. The lowest BCUT2D eigenvalue weighted by Crippen LogP contribution is -1.95. The molecule has 2 rings (SSSR count). The van der Waals surface area contributed by atoms with Gasteiger partial charge in [0.25, 0.3) is 0 Å². The number of anilines is 1. The highest BCUT2D eigenvalue weighted by Gasteiger charge is 2.09. The average molecular weight is 267 g/mol. The summed E-state index contributed by atoms with van der Waals surface area (Å²) in [6, 6.07) is 11.5. The molecule has 0 bridgehead atoms.